The molecule has 0 aliphatic rings. The lowest BCUT2D eigenvalue weighted by atomic mass is 10.2. The first-order valence-electron chi connectivity index (χ1n) is 7.88. The van der Waals surface area contributed by atoms with E-state index in [2.05, 4.69) is 5.32 Å². The molecule has 0 aliphatic heterocycles. The van der Waals surface area contributed by atoms with E-state index in [0.29, 0.717) is 5.75 Å². The number of nitrogens with one attached hydrogen (secondary N) is 1. The number of anilines is 1. The number of nitrogens with zero attached hydrogens (tertiary/aromatic N) is 1. The van der Waals surface area contributed by atoms with Crippen LogP contribution in [0.25, 0.3) is 0 Å². The minimum absolute atomic E-state index is 0.165. The van der Waals surface area contributed by atoms with E-state index in [4.69, 9.17) is 4.74 Å². The second-order valence-electron chi connectivity index (χ2n) is 5.75. The summed E-state index contributed by atoms with van der Waals surface area (Å²) < 4.78 is 44.2. The molecular weight excluding hydrogens is 359 g/mol. The Morgan fingerprint density at radius 2 is 1.81 bits per heavy atom. The lowest BCUT2D eigenvalue weighted by molar-refractivity contribution is -0.122. The predicted octanol–water partition coefficient (Wildman–Crippen LogP) is 2.31. The van der Waals surface area contributed by atoms with Crippen LogP contribution in [0.2, 0.25) is 0 Å². The fourth-order valence-corrected chi connectivity index (χ4v) is 3.67. The number of ether oxygens (including phenoxy) is 1. The molecule has 0 radical (unpaired) electrons. The largest absolute Gasteiger partial charge is 0.497 e. The maximum absolute atomic E-state index is 14.1. The molecule has 0 unspecified atom stereocenters. The maximum atomic E-state index is 14.1. The zero-order valence-corrected chi connectivity index (χ0v) is 15.6. The number of carbonyl (C=O) groups is 1. The van der Waals surface area contributed by atoms with Crippen molar-refractivity contribution in [3.8, 4) is 5.75 Å². The van der Waals surface area contributed by atoms with E-state index in [1.165, 1.54) is 25.1 Å². The highest BCUT2D eigenvalue weighted by Crippen LogP contribution is 2.24. The molecular formula is C18H21FN2O4S. The Kier molecular flexibility index (Phi) is 6.20. The Labute approximate surface area is 152 Å². The monoisotopic (exact) mass is 380 g/mol. The van der Waals surface area contributed by atoms with Gasteiger partial charge < -0.3 is 10.1 Å². The first-order valence-corrected chi connectivity index (χ1v) is 9.73. The molecule has 2 aromatic carbocycles. The van der Waals surface area contributed by atoms with Crippen molar-refractivity contribution in [1.82, 2.24) is 5.32 Å². The molecule has 0 fully saturated rings. The zero-order chi connectivity index (χ0) is 19.3. The van der Waals surface area contributed by atoms with Gasteiger partial charge in [0.1, 0.15) is 17.6 Å². The van der Waals surface area contributed by atoms with Gasteiger partial charge in [-0.3, -0.25) is 9.10 Å². The van der Waals surface area contributed by atoms with E-state index in [0.717, 1.165) is 22.2 Å². The number of sulfonamides is 1. The molecule has 0 aromatic heterocycles. The van der Waals surface area contributed by atoms with Gasteiger partial charge in [-0.2, -0.15) is 0 Å². The molecule has 8 heteroatoms. The molecule has 2 aromatic rings. The van der Waals surface area contributed by atoms with E-state index in [1.807, 2.05) is 0 Å². The molecule has 1 atom stereocenters. The molecule has 0 spiro atoms. The van der Waals surface area contributed by atoms with Crippen LogP contribution >= 0.6 is 0 Å². The minimum Gasteiger partial charge on any atom is -0.497 e. The number of halogens is 1. The van der Waals surface area contributed by atoms with Crippen molar-refractivity contribution in [3.05, 3.63) is 59.9 Å². The zero-order valence-electron chi connectivity index (χ0n) is 14.8. The second-order valence-corrected chi connectivity index (χ2v) is 7.61. The summed E-state index contributed by atoms with van der Waals surface area (Å²) in [6.45, 7) is 1.62. The molecule has 0 heterocycles. The number of hydrogen-bond acceptors (Lipinski definition) is 4. The Morgan fingerprint density at radius 3 is 2.35 bits per heavy atom. The van der Waals surface area contributed by atoms with Gasteiger partial charge in [0.25, 0.3) is 0 Å². The number of amides is 1. The van der Waals surface area contributed by atoms with Crippen LogP contribution in [-0.2, 0) is 21.4 Å². The summed E-state index contributed by atoms with van der Waals surface area (Å²) in [4.78, 5) is 12.4. The summed E-state index contributed by atoms with van der Waals surface area (Å²) in [5.74, 6) is -0.557. The lowest BCUT2D eigenvalue weighted by Crippen LogP contribution is -2.48. The fraction of sp³-hybridized carbons (Fsp3) is 0.278. The van der Waals surface area contributed by atoms with E-state index in [9.17, 15) is 17.6 Å². The summed E-state index contributed by atoms with van der Waals surface area (Å²) in [5, 5.41) is 2.67. The van der Waals surface area contributed by atoms with Gasteiger partial charge in [-0.1, -0.05) is 24.3 Å². The van der Waals surface area contributed by atoms with Gasteiger partial charge in [-0.05, 0) is 36.8 Å². The Balaban J connectivity index is 2.16. The highest BCUT2D eigenvalue weighted by Gasteiger charge is 2.30. The standard InChI is InChI=1S/C18H21FN2O4S/c1-13(18(22)20-12-14-8-10-15(25-2)11-9-14)21(26(3,23)24)17-7-5-4-6-16(17)19/h4-11,13H,12H2,1-3H3,(H,20,22)/t13-/m0/s1. The molecule has 26 heavy (non-hydrogen) atoms. The Bertz CT molecular complexity index is 869. The van der Waals surface area contributed by atoms with Crippen LogP contribution in [0, 0.1) is 5.82 Å². The summed E-state index contributed by atoms with van der Waals surface area (Å²) in [6, 6.07) is 11.4. The van der Waals surface area contributed by atoms with Crippen molar-refractivity contribution in [1.29, 1.82) is 0 Å². The predicted molar refractivity (Wildman–Crippen MR) is 98.0 cm³/mol. The van der Waals surface area contributed by atoms with Crippen molar-refractivity contribution >= 4 is 21.6 Å². The van der Waals surface area contributed by atoms with Gasteiger partial charge in [0.15, 0.2) is 0 Å². The van der Waals surface area contributed by atoms with E-state index in [1.54, 1.807) is 31.4 Å². The maximum Gasteiger partial charge on any atom is 0.243 e. The van der Waals surface area contributed by atoms with Crippen LogP contribution in [0.15, 0.2) is 48.5 Å². The molecule has 6 nitrogen and oxygen atoms in total. The molecule has 0 bridgehead atoms. The first-order chi connectivity index (χ1) is 12.2. The number of rotatable bonds is 7. The highest BCUT2D eigenvalue weighted by atomic mass is 32.2. The smallest absolute Gasteiger partial charge is 0.243 e. The highest BCUT2D eigenvalue weighted by molar-refractivity contribution is 7.92. The summed E-state index contributed by atoms with van der Waals surface area (Å²) in [6.07, 6.45) is 0.937. The second kappa shape index (κ2) is 8.18. The van der Waals surface area contributed by atoms with Gasteiger partial charge >= 0.3 is 0 Å². The molecule has 0 aliphatic carbocycles. The number of hydrogen-bond donors (Lipinski definition) is 1. The van der Waals surface area contributed by atoms with Crippen LogP contribution in [0.3, 0.4) is 0 Å². The number of methoxy groups -OCH3 is 1. The molecule has 0 saturated carbocycles. The summed E-state index contributed by atoms with van der Waals surface area (Å²) in [5.41, 5.74) is 0.658. The first kappa shape index (κ1) is 19.7. The molecule has 0 saturated heterocycles. The number of carbonyl (C=O) groups excluding carboxylic acids is 1. The van der Waals surface area contributed by atoms with Gasteiger partial charge in [0.2, 0.25) is 15.9 Å². The third-order valence-electron chi connectivity index (χ3n) is 3.80. The van der Waals surface area contributed by atoms with Gasteiger partial charge in [0, 0.05) is 6.54 Å². The van der Waals surface area contributed by atoms with Crippen molar-refractivity contribution in [2.45, 2.75) is 19.5 Å². The Hall–Kier alpha value is -2.61. The van der Waals surface area contributed by atoms with Gasteiger partial charge in [-0.25, -0.2) is 12.8 Å². The van der Waals surface area contributed by atoms with Crippen LogP contribution in [0.4, 0.5) is 10.1 Å². The average molecular weight is 380 g/mol. The quantitative estimate of drug-likeness (QED) is 0.800. The van der Waals surface area contributed by atoms with Crippen LogP contribution < -0.4 is 14.4 Å². The molecule has 140 valence electrons. The van der Waals surface area contributed by atoms with Gasteiger partial charge in [0.05, 0.1) is 19.1 Å². The number of para-hydroxylation sites is 1. The van der Waals surface area contributed by atoms with E-state index in [-0.39, 0.29) is 12.2 Å². The summed E-state index contributed by atoms with van der Waals surface area (Å²) in [7, 11) is -2.30. The van der Waals surface area contributed by atoms with E-state index < -0.39 is 27.8 Å². The lowest BCUT2D eigenvalue weighted by Gasteiger charge is -2.28. The van der Waals surface area contributed by atoms with Crippen LogP contribution in [0.1, 0.15) is 12.5 Å². The van der Waals surface area contributed by atoms with Crippen LogP contribution in [-0.4, -0.2) is 33.7 Å². The number of benzene rings is 2. The van der Waals surface area contributed by atoms with Crippen molar-refractivity contribution in [3.63, 3.8) is 0 Å². The molecule has 1 N–H and O–H groups in total. The van der Waals surface area contributed by atoms with E-state index >= 15 is 0 Å². The average Bonchev–Trinajstić information content (AvgIpc) is 2.60. The molecule has 2 rings (SSSR count). The third kappa shape index (κ3) is 4.72. The van der Waals surface area contributed by atoms with Gasteiger partial charge in [-0.15, -0.1) is 0 Å². The normalized spacial score (nSPS) is 12.3. The summed E-state index contributed by atoms with van der Waals surface area (Å²) >= 11 is 0. The SMILES string of the molecule is COc1ccc(CNC(=O)[C@H](C)N(c2ccccc2F)S(C)(=O)=O)cc1. The van der Waals surface area contributed by atoms with Crippen molar-refractivity contribution < 1.29 is 22.3 Å². The van der Waals surface area contributed by atoms with Crippen LogP contribution in [0.5, 0.6) is 5.75 Å². The Morgan fingerprint density at radius 1 is 1.19 bits per heavy atom. The van der Waals surface area contributed by atoms with Crippen molar-refractivity contribution in [2.24, 2.45) is 0 Å². The fourth-order valence-electron chi connectivity index (χ4n) is 2.49. The molecule has 1 amide bonds. The topological polar surface area (TPSA) is 75.7 Å². The minimum atomic E-state index is -3.86. The third-order valence-corrected chi connectivity index (χ3v) is 5.03. The van der Waals surface area contributed by atoms with Crippen molar-refractivity contribution in [2.75, 3.05) is 17.7 Å².